The Hall–Kier alpha value is -1.59. The van der Waals surface area contributed by atoms with Crippen LogP contribution < -0.4 is 0 Å². The Kier molecular flexibility index (Phi) is 3.24. The summed E-state index contributed by atoms with van der Waals surface area (Å²) in [5.41, 5.74) is 5.02. The van der Waals surface area contributed by atoms with E-state index < -0.39 is 0 Å². The summed E-state index contributed by atoms with van der Waals surface area (Å²) in [5.74, 6) is 0.0234. The van der Waals surface area contributed by atoms with E-state index in [-0.39, 0.29) is 5.78 Å². The molecule has 0 aromatic heterocycles. The van der Waals surface area contributed by atoms with E-state index >= 15 is 0 Å². The summed E-state index contributed by atoms with van der Waals surface area (Å²) < 4.78 is 0. The molecule has 0 saturated heterocycles. The predicted octanol–water partition coefficient (Wildman–Crippen LogP) is 2.83. The molecule has 0 fully saturated rings. The highest BCUT2D eigenvalue weighted by Gasteiger charge is 1.90. The highest BCUT2D eigenvalue weighted by atomic mass is 16.1. The standard InChI is InChI=1S/C12H12O/c1-10(8-9-11(2)13)12-6-4-3-5-7-12/h3-7,9H,1-2H3. The average molecular weight is 172 g/mol. The zero-order valence-corrected chi connectivity index (χ0v) is 7.87. The Labute approximate surface area is 78.4 Å². The number of carbonyl (C=O) groups excluding carboxylic acids is 1. The van der Waals surface area contributed by atoms with Gasteiger partial charge in [0.2, 0.25) is 0 Å². The van der Waals surface area contributed by atoms with Crippen LogP contribution in [0.3, 0.4) is 0 Å². The Morgan fingerprint density at radius 2 is 1.85 bits per heavy atom. The van der Waals surface area contributed by atoms with Crippen molar-refractivity contribution in [2.24, 2.45) is 0 Å². The third-order valence-electron chi connectivity index (χ3n) is 1.70. The highest BCUT2D eigenvalue weighted by molar-refractivity contribution is 5.88. The lowest BCUT2D eigenvalue weighted by Crippen LogP contribution is -1.79. The van der Waals surface area contributed by atoms with Gasteiger partial charge in [0, 0.05) is 6.08 Å². The fraction of sp³-hybridized carbons (Fsp3) is 0.167. The molecule has 0 radical (unpaired) electrons. The van der Waals surface area contributed by atoms with Gasteiger partial charge in [0.05, 0.1) is 0 Å². The molecule has 0 spiro atoms. The normalized spacial score (nSPS) is 8.77. The van der Waals surface area contributed by atoms with E-state index in [4.69, 9.17) is 0 Å². The number of rotatable bonds is 2. The van der Waals surface area contributed by atoms with Crippen LogP contribution in [0.4, 0.5) is 0 Å². The van der Waals surface area contributed by atoms with Gasteiger partial charge in [-0.2, -0.15) is 0 Å². The Balaban J connectivity index is 2.98. The maximum atomic E-state index is 10.6. The van der Waals surface area contributed by atoms with E-state index in [1.165, 1.54) is 13.0 Å². The number of benzene rings is 1. The Bertz CT molecular complexity index is 354. The minimum absolute atomic E-state index is 0.0234. The van der Waals surface area contributed by atoms with Crippen LogP contribution in [0.15, 0.2) is 42.1 Å². The van der Waals surface area contributed by atoms with Crippen molar-refractivity contribution in [3.8, 4) is 0 Å². The zero-order valence-electron chi connectivity index (χ0n) is 7.87. The van der Waals surface area contributed by atoms with E-state index in [9.17, 15) is 4.79 Å². The third kappa shape index (κ3) is 3.10. The summed E-state index contributed by atoms with van der Waals surface area (Å²) in [6.45, 7) is 3.46. The number of carbonyl (C=O) groups is 1. The molecule has 0 saturated carbocycles. The van der Waals surface area contributed by atoms with E-state index in [1.54, 1.807) is 0 Å². The lowest BCUT2D eigenvalue weighted by Gasteiger charge is -1.95. The van der Waals surface area contributed by atoms with Gasteiger partial charge in [-0.1, -0.05) is 30.3 Å². The van der Waals surface area contributed by atoms with Gasteiger partial charge in [-0.05, 0) is 25.0 Å². The van der Waals surface area contributed by atoms with Gasteiger partial charge >= 0.3 is 0 Å². The molecule has 1 aromatic carbocycles. The molecule has 0 atom stereocenters. The molecule has 0 aliphatic heterocycles. The molecule has 13 heavy (non-hydrogen) atoms. The first-order chi connectivity index (χ1) is 6.20. The molecular formula is C12H12O. The first kappa shape index (κ1) is 9.50. The molecule has 0 heterocycles. The fourth-order valence-electron chi connectivity index (χ4n) is 0.981. The summed E-state index contributed by atoms with van der Waals surface area (Å²) in [4.78, 5) is 10.6. The van der Waals surface area contributed by atoms with E-state index in [2.05, 4.69) is 5.73 Å². The molecule has 66 valence electrons. The minimum atomic E-state index is 0.0234. The van der Waals surface area contributed by atoms with Crippen LogP contribution in [-0.4, -0.2) is 5.78 Å². The van der Waals surface area contributed by atoms with Crippen molar-refractivity contribution in [1.82, 2.24) is 0 Å². The molecule has 0 bridgehead atoms. The largest absolute Gasteiger partial charge is 0.294 e. The van der Waals surface area contributed by atoms with Crippen LogP contribution in [0.25, 0.3) is 5.57 Å². The number of allylic oxidation sites excluding steroid dienone is 1. The molecule has 1 rings (SSSR count). The highest BCUT2D eigenvalue weighted by Crippen LogP contribution is 2.10. The van der Waals surface area contributed by atoms with Crippen molar-refractivity contribution >= 4 is 11.4 Å². The van der Waals surface area contributed by atoms with Crippen molar-refractivity contribution in [1.29, 1.82) is 0 Å². The summed E-state index contributed by atoms with van der Waals surface area (Å²) in [5, 5.41) is 0. The van der Waals surface area contributed by atoms with E-state index in [1.807, 2.05) is 37.3 Å². The molecule has 0 aliphatic carbocycles. The van der Waals surface area contributed by atoms with Crippen molar-refractivity contribution in [3.05, 3.63) is 47.7 Å². The predicted molar refractivity (Wildman–Crippen MR) is 54.3 cm³/mol. The lowest BCUT2D eigenvalue weighted by molar-refractivity contribution is -0.112. The van der Waals surface area contributed by atoms with Crippen LogP contribution in [0.5, 0.6) is 0 Å². The van der Waals surface area contributed by atoms with Crippen molar-refractivity contribution in [2.45, 2.75) is 13.8 Å². The van der Waals surface area contributed by atoms with Crippen LogP contribution in [-0.2, 0) is 4.79 Å². The second-order valence-electron chi connectivity index (χ2n) is 2.89. The average Bonchev–Trinajstić information content (AvgIpc) is 2.15. The van der Waals surface area contributed by atoms with Gasteiger partial charge < -0.3 is 0 Å². The number of ketones is 1. The van der Waals surface area contributed by atoms with Gasteiger partial charge in [0.15, 0.2) is 5.78 Å². The maximum Gasteiger partial charge on any atom is 0.160 e. The van der Waals surface area contributed by atoms with Crippen LogP contribution in [0, 0.1) is 0 Å². The second-order valence-corrected chi connectivity index (χ2v) is 2.89. The molecule has 1 heteroatoms. The van der Waals surface area contributed by atoms with E-state index in [0.29, 0.717) is 0 Å². The van der Waals surface area contributed by atoms with Gasteiger partial charge in [0.25, 0.3) is 0 Å². The maximum absolute atomic E-state index is 10.6. The van der Waals surface area contributed by atoms with Gasteiger partial charge in [0.1, 0.15) is 0 Å². The van der Waals surface area contributed by atoms with Crippen LogP contribution in [0.2, 0.25) is 0 Å². The third-order valence-corrected chi connectivity index (χ3v) is 1.70. The summed E-state index contributed by atoms with van der Waals surface area (Å²) >= 11 is 0. The number of hydrogen-bond donors (Lipinski definition) is 0. The van der Waals surface area contributed by atoms with Crippen LogP contribution in [0.1, 0.15) is 19.4 Å². The summed E-state index contributed by atoms with van der Waals surface area (Å²) in [6.07, 6.45) is 1.46. The molecule has 1 aromatic rings. The molecule has 0 N–H and O–H groups in total. The summed E-state index contributed by atoms with van der Waals surface area (Å²) in [7, 11) is 0. The quantitative estimate of drug-likeness (QED) is 0.495. The molecule has 0 amide bonds. The van der Waals surface area contributed by atoms with Crippen molar-refractivity contribution < 1.29 is 4.79 Å². The minimum Gasteiger partial charge on any atom is -0.294 e. The zero-order chi connectivity index (χ0) is 9.68. The van der Waals surface area contributed by atoms with Crippen molar-refractivity contribution in [3.63, 3.8) is 0 Å². The fourth-order valence-corrected chi connectivity index (χ4v) is 0.981. The topological polar surface area (TPSA) is 17.1 Å². The molecular weight excluding hydrogens is 160 g/mol. The first-order valence-corrected chi connectivity index (χ1v) is 4.19. The van der Waals surface area contributed by atoms with Gasteiger partial charge in [-0.3, -0.25) is 4.79 Å². The van der Waals surface area contributed by atoms with Gasteiger partial charge in [-0.15, -0.1) is 5.73 Å². The Morgan fingerprint density at radius 3 is 2.38 bits per heavy atom. The molecule has 0 unspecified atom stereocenters. The number of hydrogen-bond acceptors (Lipinski definition) is 1. The monoisotopic (exact) mass is 172 g/mol. The molecule has 1 nitrogen and oxygen atoms in total. The molecule has 0 aliphatic rings. The van der Waals surface area contributed by atoms with Crippen molar-refractivity contribution in [2.75, 3.05) is 0 Å². The van der Waals surface area contributed by atoms with Crippen LogP contribution >= 0.6 is 0 Å². The second kappa shape index (κ2) is 4.44. The first-order valence-electron chi connectivity index (χ1n) is 4.19. The Morgan fingerprint density at radius 1 is 1.23 bits per heavy atom. The summed E-state index contributed by atoms with van der Waals surface area (Å²) in [6, 6.07) is 9.89. The van der Waals surface area contributed by atoms with Gasteiger partial charge in [-0.25, -0.2) is 0 Å². The lowest BCUT2D eigenvalue weighted by atomic mass is 10.1. The SMILES string of the molecule is CC(=O)C=C=C(C)c1ccccc1. The smallest absolute Gasteiger partial charge is 0.160 e. The van der Waals surface area contributed by atoms with E-state index in [0.717, 1.165) is 11.1 Å².